The number of ether oxygens (including phenoxy) is 1. The SMILES string of the molecule is COCC(C)CNc1ccnc2c(N)cccc12. The molecule has 0 bridgehead atoms. The number of hydrogen-bond acceptors (Lipinski definition) is 4. The number of nitrogens with one attached hydrogen (secondary N) is 1. The molecule has 0 spiro atoms. The molecule has 0 amide bonds. The van der Waals surface area contributed by atoms with Gasteiger partial charge in [0.2, 0.25) is 0 Å². The molecule has 0 aliphatic heterocycles. The van der Waals surface area contributed by atoms with Crippen molar-refractivity contribution in [3.05, 3.63) is 30.5 Å². The molecule has 1 aromatic carbocycles. The lowest BCUT2D eigenvalue weighted by Gasteiger charge is -2.14. The number of nitrogens with two attached hydrogens (primary N) is 1. The lowest BCUT2D eigenvalue weighted by Crippen LogP contribution is -2.16. The summed E-state index contributed by atoms with van der Waals surface area (Å²) in [6, 6.07) is 7.82. The number of para-hydroxylation sites is 1. The number of aromatic nitrogens is 1. The lowest BCUT2D eigenvalue weighted by molar-refractivity contribution is 0.164. The van der Waals surface area contributed by atoms with Crippen LogP contribution in [0.25, 0.3) is 10.9 Å². The fourth-order valence-corrected chi connectivity index (χ4v) is 1.98. The minimum atomic E-state index is 0.458. The van der Waals surface area contributed by atoms with Gasteiger partial charge in [-0.3, -0.25) is 4.98 Å². The number of nitrogen functional groups attached to an aromatic ring is 1. The summed E-state index contributed by atoms with van der Waals surface area (Å²) in [7, 11) is 1.72. The van der Waals surface area contributed by atoms with Crippen molar-refractivity contribution in [1.82, 2.24) is 4.98 Å². The lowest BCUT2D eigenvalue weighted by atomic mass is 10.1. The number of pyridine rings is 1. The van der Waals surface area contributed by atoms with Crippen LogP contribution in [-0.2, 0) is 4.74 Å². The second-order valence-electron chi connectivity index (χ2n) is 4.54. The number of rotatable bonds is 5. The van der Waals surface area contributed by atoms with Crippen LogP contribution in [0.4, 0.5) is 11.4 Å². The minimum absolute atomic E-state index is 0.458. The molecule has 2 rings (SSSR count). The molecule has 1 atom stereocenters. The first kappa shape index (κ1) is 12.6. The normalized spacial score (nSPS) is 12.6. The van der Waals surface area contributed by atoms with E-state index in [-0.39, 0.29) is 0 Å². The van der Waals surface area contributed by atoms with Gasteiger partial charge in [-0.1, -0.05) is 19.1 Å². The molecule has 1 heterocycles. The Kier molecular flexibility index (Phi) is 3.99. The topological polar surface area (TPSA) is 60.2 Å². The van der Waals surface area contributed by atoms with Crippen LogP contribution >= 0.6 is 0 Å². The largest absolute Gasteiger partial charge is 0.397 e. The van der Waals surface area contributed by atoms with E-state index in [2.05, 4.69) is 17.2 Å². The van der Waals surface area contributed by atoms with Crippen LogP contribution in [0.5, 0.6) is 0 Å². The third-order valence-corrected chi connectivity index (χ3v) is 2.89. The molecule has 1 aromatic heterocycles. The summed E-state index contributed by atoms with van der Waals surface area (Å²) < 4.78 is 5.13. The highest BCUT2D eigenvalue weighted by molar-refractivity contribution is 5.97. The Hall–Kier alpha value is -1.81. The molecule has 0 saturated heterocycles. The maximum atomic E-state index is 5.92. The number of methoxy groups -OCH3 is 1. The Morgan fingerprint density at radius 2 is 2.22 bits per heavy atom. The van der Waals surface area contributed by atoms with Crippen molar-refractivity contribution >= 4 is 22.3 Å². The van der Waals surface area contributed by atoms with Crippen molar-refractivity contribution in [2.75, 3.05) is 31.3 Å². The zero-order valence-electron chi connectivity index (χ0n) is 10.8. The molecule has 18 heavy (non-hydrogen) atoms. The molecule has 0 fully saturated rings. The van der Waals surface area contributed by atoms with Crippen LogP contribution < -0.4 is 11.1 Å². The Morgan fingerprint density at radius 1 is 1.39 bits per heavy atom. The average Bonchev–Trinajstić information content (AvgIpc) is 2.37. The minimum Gasteiger partial charge on any atom is -0.397 e. The van der Waals surface area contributed by atoms with E-state index in [1.807, 2.05) is 24.3 Å². The van der Waals surface area contributed by atoms with Crippen LogP contribution in [-0.4, -0.2) is 25.2 Å². The predicted octanol–water partition coefficient (Wildman–Crippen LogP) is 2.51. The van der Waals surface area contributed by atoms with E-state index < -0.39 is 0 Å². The fraction of sp³-hybridized carbons (Fsp3) is 0.357. The molecule has 4 heteroatoms. The third kappa shape index (κ3) is 2.71. The molecule has 0 aliphatic rings. The van der Waals surface area contributed by atoms with E-state index in [4.69, 9.17) is 10.5 Å². The van der Waals surface area contributed by atoms with Gasteiger partial charge in [0.25, 0.3) is 0 Å². The smallest absolute Gasteiger partial charge is 0.0951 e. The number of hydrogen-bond donors (Lipinski definition) is 2. The zero-order chi connectivity index (χ0) is 13.0. The monoisotopic (exact) mass is 245 g/mol. The van der Waals surface area contributed by atoms with Crippen molar-refractivity contribution in [3.63, 3.8) is 0 Å². The van der Waals surface area contributed by atoms with Crippen LogP contribution in [0.3, 0.4) is 0 Å². The summed E-state index contributed by atoms with van der Waals surface area (Å²) >= 11 is 0. The number of anilines is 2. The molecular weight excluding hydrogens is 226 g/mol. The molecule has 0 saturated carbocycles. The highest BCUT2D eigenvalue weighted by Gasteiger charge is 2.06. The van der Waals surface area contributed by atoms with Gasteiger partial charge in [0.15, 0.2) is 0 Å². The highest BCUT2D eigenvalue weighted by atomic mass is 16.5. The van der Waals surface area contributed by atoms with Gasteiger partial charge in [-0.2, -0.15) is 0 Å². The molecule has 4 nitrogen and oxygen atoms in total. The highest BCUT2D eigenvalue weighted by Crippen LogP contribution is 2.25. The zero-order valence-corrected chi connectivity index (χ0v) is 10.8. The van der Waals surface area contributed by atoms with Gasteiger partial charge >= 0.3 is 0 Å². The maximum Gasteiger partial charge on any atom is 0.0951 e. The van der Waals surface area contributed by atoms with Gasteiger partial charge in [0.05, 0.1) is 17.8 Å². The first-order valence-corrected chi connectivity index (χ1v) is 6.08. The standard InChI is InChI=1S/C14H19N3O/c1-10(9-18-2)8-17-13-6-7-16-14-11(13)4-3-5-12(14)15/h3-7,10H,8-9,15H2,1-2H3,(H,16,17). The summed E-state index contributed by atoms with van der Waals surface area (Å²) in [4.78, 5) is 4.32. The van der Waals surface area contributed by atoms with E-state index in [1.165, 1.54) is 0 Å². The van der Waals surface area contributed by atoms with Crippen molar-refractivity contribution in [3.8, 4) is 0 Å². The molecular formula is C14H19N3O. The third-order valence-electron chi connectivity index (χ3n) is 2.89. The van der Waals surface area contributed by atoms with Gasteiger partial charge in [0.1, 0.15) is 0 Å². The average molecular weight is 245 g/mol. The molecule has 96 valence electrons. The first-order chi connectivity index (χ1) is 8.72. The number of nitrogens with zero attached hydrogens (tertiary/aromatic N) is 1. The van der Waals surface area contributed by atoms with E-state index in [1.54, 1.807) is 13.3 Å². The predicted molar refractivity (Wildman–Crippen MR) is 75.7 cm³/mol. The summed E-state index contributed by atoms with van der Waals surface area (Å²) in [5.74, 6) is 0.458. The summed E-state index contributed by atoms with van der Waals surface area (Å²) in [6.45, 7) is 3.76. The molecule has 0 aliphatic carbocycles. The van der Waals surface area contributed by atoms with Crippen molar-refractivity contribution in [2.45, 2.75) is 6.92 Å². The van der Waals surface area contributed by atoms with Gasteiger partial charge in [0, 0.05) is 30.9 Å². The number of fused-ring (bicyclic) bond motifs is 1. The second-order valence-corrected chi connectivity index (χ2v) is 4.54. The summed E-state index contributed by atoms with van der Waals surface area (Å²) in [5, 5.41) is 4.48. The van der Waals surface area contributed by atoms with Gasteiger partial charge < -0.3 is 15.8 Å². The van der Waals surface area contributed by atoms with Crippen LogP contribution in [0.15, 0.2) is 30.5 Å². The summed E-state index contributed by atoms with van der Waals surface area (Å²) in [5.41, 5.74) is 8.54. The van der Waals surface area contributed by atoms with Crippen molar-refractivity contribution in [1.29, 1.82) is 0 Å². The van der Waals surface area contributed by atoms with E-state index in [9.17, 15) is 0 Å². The van der Waals surface area contributed by atoms with E-state index in [0.717, 1.165) is 29.7 Å². The van der Waals surface area contributed by atoms with Gasteiger partial charge in [-0.05, 0) is 18.1 Å². The molecule has 2 aromatic rings. The first-order valence-electron chi connectivity index (χ1n) is 6.08. The maximum absolute atomic E-state index is 5.92. The Labute approximate surface area is 107 Å². The van der Waals surface area contributed by atoms with Crippen molar-refractivity contribution < 1.29 is 4.74 Å². The summed E-state index contributed by atoms with van der Waals surface area (Å²) in [6.07, 6.45) is 1.78. The molecule has 1 unspecified atom stereocenters. The van der Waals surface area contributed by atoms with Crippen LogP contribution in [0.1, 0.15) is 6.92 Å². The Bertz CT molecular complexity index is 527. The molecule has 0 radical (unpaired) electrons. The van der Waals surface area contributed by atoms with Gasteiger partial charge in [-0.15, -0.1) is 0 Å². The van der Waals surface area contributed by atoms with Gasteiger partial charge in [-0.25, -0.2) is 0 Å². The van der Waals surface area contributed by atoms with E-state index >= 15 is 0 Å². The number of benzene rings is 1. The Morgan fingerprint density at radius 3 is 3.00 bits per heavy atom. The Balaban J connectivity index is 2.21. The van der Waals surface area contributed by atoms with Crippen LogP contribution in [0.2, 0.25) is 0 Å². The molecule has 3 N–H and O–H groups in total. The van der Waals surface area contributed by atoms with E-state index in [0.29, 0.717) is 11.6 Å². The fourth-order valence-electron chi connectivity index (χ4n) is 1.98. The second kappa shape index (κ2) is 5.69. The quantitative estimate of drug-likeness (QED) is 0.795. The van der Waals surface area contributed by atoms with Crippen molar-refractivity contribution in [2.24, 2.45) is 5.92 Å². The van der Waals surface area contributed by atoms with Crippen LogP contribution in [0, 0.1) is 5.92 Å².